The van der Waals surface area contributed by atoms with E-state index in [2.05, 4.69) is 170 Å². The van der Waals surface area contributed by atoms with Crippen molar-refractivity contribution in [1.29, 1.82) is 0 Å². The van der Waals surface area contributed by atoms with Crippen LogP contribution in [-0.4, -0.2) is 23.0 Å². The van der Waals surface area contributed by atoms with Crippen molar-refractivity contribution >= 4 is 171 Å². The molecule has 60 heavy (non-hydrogen) atoms. The molecule has 0 saturated carbocycles. The van der Waals surface area contributed by atoms with Crippen molar-refractivity contribution in [3.05, 3.63) is 92.9 Å². The normalized spacial score (nSPS) is 17.1. The SMILES string of the molecule is CCCCCCSC1=C(SCCCCCC)SC(=C2SC3=C(S2)SC(=c2c4ccccc4c(=C4SC(SCCCCCC)=C(SCCCCCC)S4)c4ccccc24)S3)S1. The van der Waals surface area contributed by atoms with Gasteiger partial charge in [0.25, 0.3) is 0 Å². The van der Waals surface area contributed by atoms with E-state index in [-0.39, 0.29) is 0 Å². The maximum atomic E-state index is 2.40. The predicted octanol–water partition coefficient (Wildman–Crippen LogP) is 19.8. The summed E-state index contributed by atoms with van der Waals surface area (Å²) < 4.78 is 15.1. The molecular weight excluding hydrogens is 961 g/mol. The van der Waals surface area contributed by atoms with Gasteiger partial charge in [0.05, 0.1) is 42.4 Å². The van der Waals surface area contributed by atoms with Crippen LogP contribution in [0.4, 0.5) is 0 Å². The first-order valence-corrected chi connectivity index (χ1v) is 32.7. The van der Waals surface area contributed by atoms with E-state index in [1.165, 1.54) is 183 Å². The van der Waals surface area contributed by atoms with Crippen LogP contribution in [0.25, 0.3) is 30.0 Å². The molecule has 0 saturated heterocycles. The molecule has 0 atom stereocenters. The smallest absolute Gasteiger partial charge is 0.0718 e. The van der Waals surface area contributed by atoms with Gasteiger partial charge in [-0.25, -0.2) is 0 Å². The topological polar surface area (TPSA) is 0 Å². The number of unbranched alkanes of at least 4 members (excludes halogenated alkanes) is 12. The van der Waals surface area contributed by atoms with Gasteiger partial charge in [-0.05, 0) is 70.2 Å². The van der Waals surface area contributed by atoms with Crippen LogP contribution in [0, 0.1) is 0 Å². The van der Waals surface area contributed by atoms with Gasteiger partial charge in [-0.15, -0.1) is 47.0 Å². The largest absolute Gasteiger partial charge is 0.117 e. The molecule has 4 aliphatic heterocycles. The fourth-order valence-corrected chi connectivity index (χ4v) is 26.1. The lowest BCUT2D eigenvalue weighted by Crippen LogP contribution is -2.16. The summed E-state index contributed by atoms with van der Waals surface area (Å²) >= 11 is 24.9. The minimum atomic E-state index is 1.22. The molecule has 0 bridgehead atoms. The molecule has 4 heterocycles. The molecule has 0 amide bonds. The third-order valence-electron chi connectivity index (χ3n) is 10.4. The number of rotatable bonds is 24. The quantitative estimate of drug-likeness (QED) is 0.0620. The monoisotopic (exact) mass is 1020 g/mol. The van der Waals surface area contributed by atoms with E-state index < -0.39 is 0 Å². The molecule has 0 aliphatic carbocycles. The Balaban J connectivity index is 1.14. The maximum absolute atomic E-state index is 2.40. The average Bonchev–Trinajstić information content (AvgIpc) is 4.06. The Kier molecular flexibility index (Phi) is 21.6. The molecule has 12 heteroatoms. The Bertz CT molecular complexity index is 2060. The Morgan fingerprint density at radius 3 is 0.850 bits per heavy atom. The lowest BCUT2D eigenvalue weighted by molar-refractivity contribution is 0.707. The second-order valence-corrected chi connectivity index (χ2v) is 30.3. The van der Waals surface area contributed by atoms with Gasteiger partial charge in [-0.1, -0.05) is 247 Å². The highest BCUT2D eigenvalue weighted by molar-refractivity contribution is 8.52. The zero-order valence-electron chi connectivity index (χ0n) is 35.7. The van der Waals surface area contributed by atoms with E-state index in [4.69, 9.17) is 0 Å². The van der Waals surface area contributed by atoms with Crippen LogP contribution < -0.4 is 10.4 Å². The number of hydrogen-bond donors (Lipinski definition) is 0. The molecule has 0 aromatic heterocycles. The first-order valence-electron chi connectivity index (χ1n) is 22.2. The molecule has 0 fully saturated rings. The lowest BCUT2D eigenvalue weighted by atomic mass is 9.99. The van der Waals surface area contributed by atoms with Gasteiger partial charge >= 0.3 is 0 Å². The Hall–Kier alpha value is 1.08. The molecule has 324 valence electrons. The van der Waals surface area contributed by atoms with E-state index in [1.807, 2.05) is 47.0 Å². The van der Waals surface area contributed by atoms with E-state index in [9.17, 15) is 0 Å². The highest BCUT2D eigenvalue weighted by Crippen LogP contribution is 2.71. The van der Waals surface area contributed by atoms with Crippen LogP contribution in [0.1, 0.15) is 130 Å². The summed E-state index contributed by atoms with van der Waals surface area (Å²) in [6.07, 6.45) is 21.3. The predicted molar refractivity (Wildman–Crippen MR) is 303 cm³/mol. The van der Waals surface area contributed by atoms with Crippen molar-refractivity contribution in [3.8, 4) is 0 Å². The van der Waals surface area contributed by atoms with E-state index >= 15 is 0 Å². The summed E-state index contributed by atoms with van der Waals surface area (Å²) in [6.45, 7) is 9.25. The molecule has 0 N–H and O–H groups in total. The standard InChI is InChI=1S/C48H60S12/c1-5-9-13-21-29-49-41-42(50-30-22-14-10-6-2)54-39(53-41)37-33-25-17-19-27-35(33)38(36-28-20-18-26-34(36)37)40-55-45-46(56-40)60-48(59-45)47-57-43(51-31-23-15-11-7-3)44(58-47)52-32-24-16-12-8-4/h17-20,25-28H,5-16,21-24,29-32H2,1-4H3. The van der Waals surface area contributed by atoms with Crippen molar-refractivity contribution in [2.75, 3.05) is 23.0 Å². The second-order valence-electron chi connectivity index (χ2n) is 15.2. The second kappa shape index (κ2) is 26.4. The van der Waals surface area contributed by atoms with Gasteiger partial charge in [-0.3, -0.25) is 0 Å². The van der Waals surface area contributed by atoms with Gasteiger partial charge in [0.2, 0.25) is 0 Å². The minimum Gasteiger partial charge on any atom is -0.117 e. The van der Waals surface area contributed by atoms with E-state index in [1.54, 1.807) is 16.9 Å². The van der Waals surface area contributed by atoms with Crippen molar-refractivity contribution < 1.29 is 0 Å². The molecule has 3 aromatic carbocycles. The van der Waals surface area contributed by atoms with Crippen LogP contribution in [0.3, 0.4) is 0 Å². The van der Waals surface area contributed by atoms with E-state index in [0.29, 0.717) is 0 Å². The van der Waals surface area contributed by atoms with Crippen LogP contribution in [0.2, 0.25) is 0 Å². The Morgan fingerprint density at radius 1 is 0.300 bits per heavy atom. The molecule has 7 rings (SSSR count). The van der Waals surface area contributed by atoms with Crippen molar-refractivity contribution in [2.45, 2.75) is 130 Å². The van der Waals surface area contributed by atoms with Gasteiger partial charge in [-0.2, -0.15) is 0 Å². The van der Waals surface area contributed by atoms with Gasteiger partial charge in [0, 0.05) is 10.4 Å². The van der Waals surface area contributed by atoms with Gasteiger partial charge in [0.15, 0.2) is 0 Å². The molecule has 4 aliphatic rings. The summed E-state index contributed by atoms with van der Waals surface area (Å²) in [6, 6.07) is 18.6. The van der Waals surface area contributed by atoms with Crippen molar-refractivity contribution in [2.24, 2.45) is 0 Å². The molecular formula is C48H60S12. The van der Waals surface area contributed by atoms with Crippen molar-refractivity contribution in [1.82, 2.24) is 0 Å². The first-order chi connectivity index (χ1) is 29.6. The highest BCUT2D eigenvalue weighted by Gasteiger charge is 2.35. The molecule has 0 spiro atoms. The summed E-state index contributed by atoms with van der Waals surface area (Å²) in [7, 11) is 0. The summed E-state index contributed by atoms with van der Waals surface area (Å²) in [5, 5.41) is 8.46. The number of hydrogen-bond acceptors (Lipinski definition) is 12. The zero-order valence-corrected chi connectivity index (χ0v) is 45.5. The fourth-order valence-electron chi connectivity index (χ4n) is 7.20. The summed E-state index contributed by atoms with van der Waals surface area (Å²) in [5.41, 5.74) is 0. The minimum absolute atomic E-state index is 1.22. The van der Waals surface area contributed by atoms with Gasteiger partial charge < -0.3 is 0 Å². The molecule has 0 unspecified atom stereocenters. The maximum Gasteiger partial charge on any atom is 0.0718 e. The average molecular weight is 1020 g/mol. The summed E-state index contributed by atoms with van der Waals surface area (Å²) in [4.78, 5) is 0. The fraction of sp³-hybridized carbons (Fsp3) is 0.500. The van der Waals surface area contributed by atoms with Crippen LogP contribution in [-0.2, 0) is 0 Å². The Labute approximate surface area is 413 Å². The molecule has 3 aromatic rings. The van der Waals surface area contributed by atoms with Crippen LogP contribution >= 0.6 is 141 Å². The number of benzene rings is 3. The third-order valence-corrected chi connectivity index (χ3v) is 28.0. The zero-order chi connectivity index (χ0) is 41.5. The van der Waals surface area contributed by atoms with Crippen molar-refractivity contribution in [3.63, 3.8) is 0 Å². The van der Waals surface area contributed by atoms with Crippen LogP contribution in [0.15, 0.2) is 82.4 Å². The first kappa shape index (κ1) is 49.0. The lowest BCUT2D eigenvalue weighted by Gasteiger charge is -2.12. The Morgan fingerprint density at radius 2 is 0.550 bits per heavy atom. The highest BCUT2D eigenvalue weighted by atomic mass is 32.3. The molecule has 0 nitrogen and oxygen atoms in total. The molecule has 0 radical (unpaired) electrons. The number of thioether (sulfide) groups is 12. The third kappa shape index (κ3) is 13.2. The summed E-state index contributed by atoms with van der Waals surface area (Å²) in [5.74, 6) is 4.94. The van der Waals surface area contributed by atoms with Gasteiger partial charge in [0.1, 0.15) is 0 Å². The van der Waals surface area contributed by atoms with E-state index in [0.717, 1.165) is 0 Å². The number of fused-ring (bicyclic) bond motifs is 2. The van der Waals surface area contributed by atoms with Crippen LogP contribution in [0.5, 0.6) is 0 Å².